The minimum absolute atomic E-state index is 0.0157. The minimum Gasteiger partial charge on any atom is -0.291 e. The van der Waals surface area contributed by atoms with Gasteiger partial charge in [-0.1, -0.05) is 12.5 Å². The van der Waals surface area contributed by atoms with Crippen molar-refractivity contribution in [2.24, 2.45) is 12.5 Å². The number of allylic oxidation sites excluding steroid dienone is 1. The molecule has 0 amide bonds. The third-order valence-electron chi connectivity index (χ3n) is 8.18. The maximum atomic E-state index is 14.4. The fraction of sp³-hybridized carbons (Fsp3) is 0.357. The number of fused-ring (bicyclic) bond motifs is 2. The van der Waals surface area contributed by atoms with E-state index in [2.05, 4.69) is 25.1 Å². The zero-order valence-corrected chi connectivity index (χ0v) is 24.3. The third kappa shape index (κ3) is 5.00. The first-order chi connectivity index (χ1) is 20.8. The Morgan fingerprint density at radius 3 is 2.61 bits per heavy atom. The molecule has 0 aromatic carbocycles. The lowest BCUT2D eigenvalue weighted by atomic mass is 9.60. The number of ketones is 1. The molecule has 4 aromatic rings. The van der Waals surface area contributed by atoms with E-state index in [0.717, 1.165) is 18.3 Å². The fourth-order valence-electron chi connectivity index (χ4n) is 6.17. The van der Waals surface area contributed by atoms with Gasteiger partial charge in [-0.3, -0.25) is 14.5 Å². The molecule has 0 spiro atoms. The van der Waals surface area contributed by atoms with Gasteiger partial charge in [-0.25, -0.2) is 23.1 Å². The van der Waals surface area contributed by atoms with Crippen LogP contribution in [0.2, 0.25) is 0 Å². The number of alkyl halides is 3. The van der Waals surface area contributed by atoms with Crippen molar-refractivity contribution in [3.63, 3.8) is 0 Å². The Balaban J connectivity index is 1.45. The van der Waals surface area contributed by atoms with Gasteiger partial charge in [0.1, 0.15) is 12.0 Å². The molecule has 0 aliphatic heterocycles. The standard InChI is InChI=1S/C28H26F4N8O3S/c1-3-39(44(42,43)26-35-16-38(2)37-26)20-5-4-18-11-23-17(14-36-40(23)21-6-7-24(29)34-15-21)12-27(18,13-20)25(41)22-10-19(8-9-33-22)28(30,31)32/h6-11,14-16,20H,3-5,12-13H2,1-2H3/t20-,27-/m0/s1. The number of pyridine rings is 2. The number of carbonyl (C=O) groups excluding carboxylic acids is 1. The number of Topliss-reactive ketones (excluding diaryl/α,β-unsaturated/α-hetero) is 1. The van der Waals surface area contributed by atoms with E-state index < -0.39 is 45.0 Å². The second-order valence-corrected chi connectivity index (χ2v) is 12.6. The number of sulfonamides is 1. The molecular formula is C28H26F4N8O3S. The predicted octanol–water partition coefficient (Wildman–Crippen LogP) is 4.02. The highest BCUT2D eigenvalue weighted by Gasteiger charge is 2.52. The molecule has 16 heteroatoms. The Morgan fingerprint density at radius 2 is 1.95 bits per heavy atom. The van der Waals surface area contributed by atoms with Crippen molar-refractivity contribution in [2.75, 3.05) is 6.54 Å². The monoisotopic (exact) mass is 630 g/mol. The Hall–Kier alpha value is -4.31. The van der Waals surface area contributed by atoms with Crippen LogP contribution in [0.15, 0.2) is 59.9 Å². The van der Waals surface area contributed by atoms with Crippen LogP contribution in [0, 0.1) is 11.4 Å². The summed E-state index contributed by atoms with van der Waals surface area (Å²) in [5, 5.41) is 8.01. The smallest absolute Gasteiger partial charge is 0.291 e. The summed E-state index contributed by atoms with van der Waals surface area (Å²) >= 11 is 0. The molecule has 0 N–H and O–H groups in total. The Kier molecular flexibility index (Phi) is 7.23. The van der Waals surface area contributed by atoms with E-state index in [-0.39, 0.29) is 36.7 Å². The maximum absolute atomic E-state index is 14.4. The van der Waals surface area contributed by atoms with Gasteiger partial charge >= 0.3 is 6.18 Å². The summed E-state index contributed by atoms with van der Waals surface area (Å²) in [6, 6.07) is 3.51. The number of carbonyl (C=O) groups is 1. The van der Waals surface area contributed by atoms with E-state index in [0.29, 0.717) is 28.9 Å². The molecule has 0 radical (unpaired) electrons. The van der Waals surface area contributed by atoms with Crippen LogP contribution in [-0.4, -0.2) is 65.6 Å². The van der Waals surface area contributed by atoms with E-state index in [1.807, 2.05) is 0 Å². The van der Waals surface area contributed by atoms with Crippen molar-refractivity contribution in [3.05, 3.63) is 83.2 Å². The van der Waals surface area contributed by atoms with Gasteiger partial charge < -0.3 is 0 Å². The summed E-state index contributed by atoms with van der Waals surface area (Å²) in [5.74, 6) is -1.31. The molecule has 4 aromatic heterocycles. The van der Waals surface area contributed by atoms with Gasteiger partial charge in [0.15, 0.2) is 5.78 Å². The van der Waals surface area contributed by atoms with Crippen LogP contribution in [0.5, 0.6) is 0 Å². The molecule has 0 unspecified atom stereocenters. The average Bonchev–Trinajstić information content (AvgIpc) is 3.62. The molecule has 6 rings (SSSR count). The second kappa shape index (κ2) is 10.7. The molecule has 1 fully saturated rings. The number of halogens is 4. The first-order valence-corrected chi connectivity index (χ1v) is 15.1. The van der Waals surface area contributed by atoms with Crippen molar-refractivity contribution < 1.29 is 30.8 Å². The molecule has 2 atom stereocenters. The highest BCUT2D eigenvalue weighted by atomic mass is 32.2. The van der Waals surface area contributed by atoms with Crippen molar-refractivity contribution in [3.8, 4) is 5.69 Å². The molecule has 0 saturated heterocycles. The summed E-state index contributed by atoms with van der Waals surface area (Å²) in [6.45, 7) is 1.71. The summed E-state index contributed by atoms with van der Waals surface area (Å²) in [7, 11) is -2.63. The number of aryl methyl sites for hydroxylation is 1. The largest absolute Gasteiger partial charge is 0.416 e. The Labute approximate surface area is 249 Å². The molecule has 11 nitrogen and oxygen atoms in total. The van der Waals surface area contributed by atoms with Gasteiger partial charge in [0, 0.05) is 25.8 Å². The average molecular weight is 631 g/mol. The summed E-state index contributed by atoms with van der Waals surface area (Å²) in [5.41, 5.74) is -0.488. The lowest BCUT2D eigenvalue weighted by molar-refractivity contribution is -0.137. The van der Waals surface area contributed by atoms with Crippen molar-refractivity contribution >= 4 is 21.9 Å². The van der Waals surface area contributed by atoms with E-state index in [1.54, 1.807) is 17.7 Å². The zero-order chi connectivity index (χ0) is 31.4. The predicted molar refractivity (Wildman–Crippen MR) is 147 cm³/mol. The molecule has 2 aliphatic rings. The molecule has 0 bridgehead atoms. The number of rotatable bonds is 7. The van der Waals surface area contributed by atoms with Crippen LogP contribution in [0.4, 0.5) is 17.6 Å². The molecule has 2 aliphatic carbocycles. The SMILES string of the molecule is CCN([C@H]1CCC2=Cc3c(cnn3-c3ccc(F)nc3)C[C@]2(C(=O)c2cc(C(F)(F)F)ccn2)C1)S(=O)(=O)c1ncn(C)n1. The van der Waals surface area contributed by atoms with E-state index in [1.165, 1.54) is 46.9 Å². The normalized spacial score (nSPS) is 20.2. The second-order valence-electron chi connectivity index (χ2n) is 10.8. The van der Waals surface area contributed by atoms with Crippen LogP contribution in [0.25, 0.3) is 11.8 Å². The first kappa shape index (κ1) is 29.7. The zero-order valence-electron chi connectivity index (χ0n) is 23.5. The van der Waals surface area contributed by atoms with Crippen molar-refractivity contribution in [2.45, 2.75) is 50.0 Å². The fourth-order valence-corrected chi connectivity index (χ4v) is 7.71. The van der Waals surface area contributed by atoms with Crippen molar-refractivity contribution in [1.82, 2.24) is 38.8 Å². The highest BCUT2D eigenvalue weighted by Crippen LogP contribution is 2.51. The third-order valence-corrected chi connectivity index (χ3v) is 10.0. The van der Waals surface area contributed by atoms with Gasteiger partial charge in [-0.2, -0.15) is 27.0 Å². The topological polar surface area (TPSA) is 129 Å². The van der Waals surface area contributed by atoms with Crippen molar-refractivity contribution in [1.29, 1.82) is 0 Å². The van der Waals surface area contributed by atoms with Crippen LogP contribution in [0.1, 0.15) is 53.5 Å². The summed E-state index contributed by atoms with van der Waals surface area (Å²) < 4.78 is 85.7. The maximum Gasteiger partial charge on any atom is 0.416 e. The number of aromatic nitrogens is 7. The molecule has 4 heterocycles. The molecule has 230 valence electrons. The van der Waals surface area contributed by atoms with Crippen LogP contribution >= 0.6 is 0 Å². The Morgan fingerprint density at radius 1 is 1.16 bits per heavy atom. The molecular weight excluding hydrogens is 604 g/mol. The van der Waals surface area contributed by atoms with Crippen LogP contribution in [-0.2, 0) is 29.7 Å². The van der Waals surface area contributed by atoms with Gasteiger partial charge in [0.2, 0.25) is 5.95 Å². The Bertz CT molecular complexity index is 1880. The first-order valence-electron chi connectivity index (χ1n) is 13.7. The summed E-state index contributed by atoms with van der Waals surface area (Å²) in [4.78, 5) is 26.0. The lowest BCUT2D eigenvalue weighted by Crippen LogP contribution is -2.50. The molecule has 44 heavy (non-hydrogen) atoms. The molecule has 1 saturated carbocycles. The summed E-state index contributed by atoms with van der Waals surface area (Å²) in [6.07, 6.45) is 2.75. The van der Waals surface area contributed by atoms with E-state index in [9.17, 15) is 30.8 Å². The van der Waals surface area contributed by atoms with Crippen LogP contribution < -0.4 is 0 Å². The van der Waals surface area contributed by atoms with Crippen LogP contribution in [0.3, 0.4) is 0 Å². The number of hydrogen-bond donors (Lipinski definition) is 0. The van der Waals surface area contributed by atoms with E-state index in [4.69, 9.17) is 0 Å². The van der Waals surface area contributed by atoms with Gasteiger partial charge in [0.25, 0.3) is 15.2 Å². The number of hydrogen-bond acceptors (Lipinski definition) is 8. The van der Waals surface area contributed by atoms with Gasteiger partial charge in [-0.15, -0.1) is 5.10 Å². The lowest BCUT2D eigenvalue weighted by Gasteiger charge is -2.46. The quantitative estimate of drug-likeness (QED) is 0.170. The van der Waals surface area contributed by atoms with Gasteiger partial charge in [0.05, 0.1) is 34.8 Å². The minimum atomic E-state index is -4.70. The highest BCUT2D eigenvalue weighted by molar-refractivity contribution is 7.89. The van der Waals surface area contributed by atoms with Gasteiger partial charge in [-0.05, 0) is 61.6 Å². The van der Waals surface area contributed by atoms with E-state index >= 15 is 0 Å². The number of nitrogens with zero attached hydrogens (tertiary/aromatic N) is 8.